The first kappa shape index (κ1) is 8.00. The first-order chi connectivity index (χ1) is 6.31. The molecule has 0 fully saturated rings. The summed E-state index contributed by atoms with van der Waals surface area (Å²) in [4.78, 5) is 3.85. The number of hydrogen-bond acceptors (Lipinski definition) is 4. The highest BCUT2D eigenvalue weighted by molar-refractivity contribution is 5.53. The molecule has 0 aliphatic carbocycles. The molecule has 2 aromatic rings. The van der Waals surface area contributed by atoms with Gasteiger partial charge in [-0.3, -0.25) is 4.68 Å². The van der Waals surface area contributed by atoms with Gasteiger partial charge in [0.05, 0.1) is 6.61 Å². The van der Waals surface area contributed by atoms with E-state index in [1.807, 2.05) is 7.05 Å². The van der Waals surface area contributed by atoms with Crippen LogP contribution in [0.4, 0.5) is 0 Å². The molecule has 5 nitrogen and oxygen atoms in total. The Morgan fingerprint density at radius 3 is 3.08 bits per heavy atom. The van der Waals surface area contributed by atoms with Crippen LogP contribution in [0.2, 0.25) is 0 Å². The summed E-state index contributed by atoms with van der Waals surface area (Å²) in [6.45, 7) is -0.137. The van der Waals surface area contributed by atoms with Crippen LogP contribution in [-0.4, -0.2) is 19.9 Å². The van der Waals surface area contributed by atoms with Crippen LogP contribution < -0.4 is 0 Å². The molecule has 2 heterocycles. The first-order valence-electron chi connectivity index (χ1n) is 3.84. The zero-order valence-corrected chi connectivity index (χ0v) is 7.14. The number of aliphatic hydroxyl groups is 1. The maximum absolute atomic E-state index is 8.92. The van der Waals surface area contributed by atoms with Crippen LogP contribution in [-0.2, 0) is 13.7 Å². The van der Waals surface area contributed by atoms with Gasteiger partial charge in [0.25, 0.3) is 0 Å². The predicted molar refractivity (Wildman–Crippen MR) is 44.6 cm³/mol. The highest BCUT2D eigenvalue weighted by Gasteiger charge is 2.11. The fourth-order valence-corrected chi connectivity index (χ4v) is 1.13. The van der Waals surface area contributed by atoms with Crippen molar-refractivity contribution in [2.45, 2.75) is 6.61 Å². The van der Waals surface area contributed by atoms with Crippen LogP contribution in [0.3, 0.4) is 0 Å². The van der Waals surface area contributed by atoms with Crippen LogP contribution in [0, 0.1) is 0 Å². The Labute approximate surface area is 74.6 Å². The minimum Gasteiger partial charge on any atom is -0.441 e. The zero-order valence-electron chi connectivity index (χ0n) is 7.14. The van der Waals surface area contributed by atoms with Crippen molar-refractivity contribution < 1.29 is 9.52 Å². The monoisotopic (exact) mass is 179 g/mol. The third kappa shape index (κ3) is 1.33. The molecule has 0 amide bonds. The summed E-state index contributed by atoms with van der Waals surface area (Å²) in [6.07, 6.45) is 3.11. The van der Waals surface area contributed by atoms with Gasteiger partial charge < -0.3 is 9.52 Å². The largest absolute Gasteiger partial charge is 0.441 e. The lowest BCUT2D eigenvalue weighted by atomic mass is 10.3. The molecule has 0 unspecified atom stereocenters. The molecule has 0 atom stereocenters. The molecular formula is C8H9N3O2. The molecule has 0 aromatic carbocycles. The topological polar surface area (TPSA) is 64.1 Å². The van der Waals surface area contributed by atoms with Crippen molar-refractivity contribution in [2.24, 2.45) is 7.05 Å². The van der Waals surface area contributed by atoms with Crippen molar-refractivity contribution in [1.29, 1.82) is 0 Å². The number of rotatable bonds is 2. The van der Waals surface area contributed by atoms with E-state index in [2.05, 4.69) is 10.1 Å². The van der Waals surface area contributed by atoms with E-state index >= 15 is 0 Å². The molecule has 0 saturated heterocycles. The van der Waals surface area contributed by atoms with E-state index in [0.717, 1.165) is 0 Å². The molecule has 68 valence electrons. The Morgan fingerprint density at radius 1 is 1.62 bits per heavy atom. The Bertz CT molecular complexity index is 405. The smallest absolute Gasteiger partial charge is 0.181 e. The third-order valence-corrected chi connectivity index (χ3v) is 1.74. The number of hydrogen-bond donors (Lipinski definition) is 1. The Hall–Kier alpha value is -1.62. The second-order valence-corrected chi connectivity index (χ2v) is 2.66. The molecule has 0 aliphatic heterocycles. The average Bonchev–Trinajstić information content (AvgIpc) is 2.71. The molecule has 5 heteroatoms. The molecule has 1 N–H and O–H groups in total. The minimum atomic E-state index is -0.137. The number of aliphatic hydroxyl groups excluding tert-OH is 1. The second-order valence-electron chi connectivity index (χ2n) is 2.66. The molecule has 0 saturated carbocycles. The SMILES string of the molecule is Cn1ccc(-c2ocnc2CO)n1. The van der Waals surface area contributed by atoms with E-state index in [4.69, 9.17) is 9.52 Å². The Kier molecular flexibility index (Phi) is 1.86. The molecule has 0 spiro atoms. The van der Waals surface area contributed by atoms with Gasteiger partial charge in [0.1, 0.15) is 11.4 Å². The number of aromatic nitrogens is 3. The van der Waals surface area contributed by atoms with Crippen LogP contribution in [0.25, 0.3) is 11.5 Å². The number of oxazole rings is 1. The van der Waals surface area contributed by atoms with E-state index < -0.39 is 0 Å². The lowest BCUT2D eigenvalue weighted by Gasteiger charge is -1.92. The quantitative estimate of drug-likeness (QED) is 0.731. The lowest BCUT2D eigenvalue weighted by molar-refractivity contribution is 0.277. The van der Waals surface area contributed by atoms with Crippen molar-refractivity contribution in [3.8, 4) is 11.5 Å². The van der Waals surface area contributed by atoms with Crippen molar-refractivity contribution in [3.63, 3.8) is 0 Å². The van der Waals surface area contributed by atoms with Gasteiger partial charge in [0.15, 0.2) is 12.2 Å². The van der Waals surface area contributed by atoms with E-state index in [9.17, 15) is 0 Å². The molecule has 2 aromatic heterocycles. The molecule has 0 bridgehead atoms. The van der Waals surface area contributed by atoms with Crippen molar-refractivity contribution >= 4 is 0 Å². The Balaban J connectivity index is 2.45. The van der Waals surface area contributed by atoms with Gasteiger partial charge in [-0.25, -0.2) is 4.98 Å². The first-order valence-corrected chi connectivity index (χ1v) is 3.84. The molecule has 2 rings (SSSR count). The normalized spacial score (nSPS) is 10.6. The van der Waals surface area contributed by atoms with E-state index in [1.54, 1.807) is 16.9 Å². The second kappa shape index (κ2) is 3.02. The average molecular weight is 179 g/mol. The van der Waals surface area contributed by atoms with Gasteiger partial charge in [-0.1, -0.05) is 0 Å². The molecular weight excluding hydrogens is 170 g/mol. The summed E-state index contributed by atoms with van der Waals surface area (Å²) >= 11 is 0. The standard InChI is InChI=1S/C8H9N3O2/c1-11-3-2-6(10-11)8-7(4-12)9-5-13-8/h2-3,5,12H,4H2,1H3. The zero-order chi connectivity index (χ0) is 9.26. The molecule has 0 aliphatic rings. The Morgan fingerprint density at radius 2 is 2.46 bits per heavy atom. The van der Waals surface area contributed by atoms with E-state index in [0.29, 0.717) is 17.1 Å². The van der Waals surface area contributed by atoms with Gasteiger partial charge in [-0.15, -0.1) is 0 Å². The van der Waals surface area contributed by atoms with Gasteiger partial charge in [-0.2, -0.15) is 5.10 Å². The summed E-state index contributed by atoms with van der Waals surface area (Å²) in [5, 5.41) is 13.1. The van der Waals surface area contributed by atoms with Crippen LogP contribution in [0.1, 0.15) is 5.69 Å². The summed E-state index contributed by atoms with van der Waals surface area (Å²) in [6, 6.07) is 1.81. The lowest BCUT2D eigenvalue weighted by Crippen LogP contribution is -1.90. The molecule has 0 radical (unpaired) electrons. The van der Waals surface area contributed by atoms with Gasteiger partial charge >= 0.3 is 0 Å². The summed E-state index contributed by atoms with van der Waals surface area (Å²) in [7, 11) is 1.82. The summed E-state index contributed by atoms with van der Waals surface area (Å²) in [5.41, 5.74) is 1.20. The molecule has 13 heavy (non-hydrogen) atoms. The van der Waals surface area contributed by atoms with Crippen molar-refractivity contribution in [3.05, 3.63) is 24.4 Å². The van der Waals surface area contributed by atoms with Crippen LogP contribution in [0.5, 0.6) is 0 Å². The maximum atomic E-state index is 8.92. The minimum absolute atomic E-state index is 0.137. The predicted octanol–water partition coefficient (Wildman–Crippen LogP) is 0.567. The summed E-state index contributed by atoms with van der Waals surface area (Å²) in [5.74, 6) is 0.531. The third-order valence-electron chi connectivity index (χ3n) is 1.74. The van der Waals surface area contributed by atoms with Gasteiger partial charge in [0, 0.05) is 13.2 Å². The fourth-order valence-electron chi connectivity index (χ4n) is 1.13. The van der Waals surface area contributed by atoms with Gasteiger partial charge in [0.2, 0.25) is 0 Å². The maximum Gasteiger partial charge on any atom is 0.181 e. The highest BCUT2D eigenvalue weighted by atomic mass is 16.3. The van der Waals surface area contributed by atoms with Crippen LogP contribution in [0.15, 0.2) is 23.1 Å². The number of aryl methyl sites for hydroxylation is 1. The van der Waals surface area contributed by atoms with Gasteiger partial charge in [-0.05, 0) is 6.07 Å². The van der Waals surface area contributed by atoms with E-state index in [-0.39, 0.29) is 6.61 Å². The van der Waals surface area contributed by atoms with E-state index in [1.165, 1.54) is 6.39 Å². The summed E-state index contributed by atoms with van der Waals surface area (Å²) < 4.78 is 6.77. The fraction of sp³-hybridized carbons (Fsp3) is 0.250. The van der Waals surface area contributed by atoms with Crippen molar-refractivity contribution in [2.75, 3.05) is 0 Å². The van der Waals surface area contributed by atoms with Crippen LogP contribution >= 0.6 is 0 Å². The highest BCUT2D eigenvalue weighted by Crippen LogP contribution is 2.20. The number of nitrogens with zero attached hydrogens (tertiary/aromatic N) is 3. The van der Waals surface area contributed by atoms with Crippen molar-refractivity contribution in [1.82, 2.24) is 14.8 Å².